The molecule has 0 saturated carbocycles. The van der Waals surface area contributed by atoms with Crippen LogP contribution in [-0.4, -0.2) is 35.9 Å². The third-order valence-electron chi connectivity index (χ3n) is 5.65. The third-order valence-corrected chi connectivity index (χ3v) is 6.89. The summed E-state index contributed by atoms with van der Waals surface area (Å²) in [6.07, 6.45) is 6.12. The van der Waals surface area contributed by atoms with E-state index in [1.165, 1.54) is 4.90 Å². The zero-order valence-corrected chi connectivity index (χ0v) is 20.4. The Morgan fingerprint density at radius 3 is 2.30 bits per heavy atom. The summed E-state index contributed by atoms with van der Waals surface area (Å²) in [6, 6.07) is 12.2. The number of fused-ring (bicyclic) bond motifs is 3. The molecule has 0 aliphatic rings. The number of unbranched alkanes of at least 4 members (excludes halogenated alkanes) is 2. The standard InChI is InChI=1S/C25H31Cl2NOS/c1-4-6-10-28(11-7-5-2)16-24(29)21-13-17-12-18(26)14-23(27)25(17)22-15-19(30-3)8-9-20(21)22/h8-9,12-15,24,29H,4-7,10-11,16H2,1-3H3. The van der Waals surface area contributed by atoms with Gasteiger partial charge in [0, 0.05) is 21.8 Å². The molecular formula is C25H31Cl2NOS. The van der Waals surface area contributed by atoms with Crippen LogP contribution in [0.3, 0.4) is 0 Å². The van der Waals surface area contributed by atoms with Gasteiger partial charge in [-0.3, -0.25) is 0 Å². The Labute approximate surface area is 194 Å². The van der Waals surface area contributed by atoms with Crippen molar-refractivity contribution >= 4 is 56.5 Å². The zero-order valence-electron chi connectivity index (χ0n) is 18.0. The number of benzene rings is 3. The molecule has 0 aromatic heterocycles. The summed E-state index contributed by atoms with van der Waals surface area (Å²) >= 11 is 14.6. The highest BCUT2D eigenvalue weighted by Crippen LogP contribution is 2.39. The van der Waals surface area contributed by atoms with Gasteiger partial charge in [0.2, 0.25) is 0 Å². The van der Waals surface area contributed by atoms with Crippen molar-refractivity contribution in [3.05, 3.63) is 52.0 Å². The second-order valence-corrected chi connectivity index (χ2v) is 9.61. The van der Waals surface area contributed by atoms with Gasteiger partial charge in [0.05, 0.1) is 11.1 Å². The minimum Gasteiger partial charge on any atom is -0.387 e. The van der Waals surface area contributed by atoms with Crippen molar-refractivity contribution in [3.8, 4) is 0 Å². The highest BCUT2D eigenvalue weighted by molar-refractivity contribution is 7.98. The van der Waals surface area contributed by atoms with E-state index in [9.17, 15) is 5.11 Å². The van der Waals surface area contributed by atoms with Crippen LogP contribution in [-0.2, 0) is 0 Å². The van der Waals surface area contributed by atoms with Crippen LogP contribution in [0.2, 0.25) is 10.0 Å². The van der Waals surface area contributed by atoms with Gasteiger partial charge in [-0.1, -0.05) is 56.0 Å². The van der Waals surface area contributed by atoms with E-state index in [1.807, 2.05) is 6.07 Å². The van der Waals surface area contributed by atoms with Crippen LogP contribution in [0.1, 0.15) is 51.2 Å². The molecule has 1 atom stereocenters. The summed E-state index contributed by atoms with van der Waals surface area (Å²) in [5, 5.41) is 16.7. The quantitative estimate of drug-likeness (QED) is 0.243. The van der Waals surface area contributed by atoms with Crippen LogP contribution >= 0.6 is 35.0 Å². The average Bonchev–Trinajstić information content (AvgIpc) is 2.73. The van der Waals surface area contributed by atoms with Gasteiger partial charge in [-0.2, -0.15) is 0 Å². The predicted octanol–water partition coefficient (Wildman–Crippen LogP) is 7.96. The van der Waals surface area contributed by atoms with E-state index in [1.54, 1.807) is 17.8 Å². The maximum absolute atomic E-state index is 11.3. The number of nitrogens with zero attached hydrogens (tertiary/aromatic N) is 1. The van der Waals surface area contributed by atoms with Gasteiger partial charge < -0.3 is 10.0 Å². The summed E-state index contributed by atoms with van der Waals surface area (Å²) in [5.41, 5.74) is 0.946. The molecule has 1 N–H and O–H groups in total. The van der Waals surface area contributed by atoms with Crippen molar-refractivity contribution in [1.82, 2.24) is 4.90 Å². The Bertz CT molecular complexity index is 1000. The van der Waals surface area contributed by atoms with E-state index in [0.717, 1.165) is 65.9 Å². The number of hydrogen-bond donors (Lipinski definition) is 1. The highest BCUT2D eigenvalue weighted by Gasteiger charge is 2.19. The first-order chi connectivity index (χ1) is 14.5. The molecule has 1 unspecified atom stereocenters. The van der Waals surface area contributed by atoms with Crippen LogP contribution in [0.25, 0.3) is 21.5 Å². The fraction of sp³-hybridized carbons (Fsp3) is 0.440. The fourth-order valence-corrected chi connectivity index (χ4v) is 5.07. The number of aliphatic hydroxyl groups excluding tert-OH is 1. The Kier molecular flexibility index (Phi) is 8.73. The van der Waals surface area contributed by atoms with E-state index in [4.69, 9.17) is 23.2 Å². The van der Waals surface area contributed by atoms with E-state index in [-0.39, 0.29) is 0 Å². The Balaban J connectivity index is 2.09. The first-order valence-electron chi connectivity index (χ1n) is 10.8. The van der Waals surface area contributed by atoms with E-state index < -0.39 is 6.10 Å². The van der Waals surface area contributed by atoms with Crippen molar-refractivity contribution in [2.24, 2.45) is 0 Å². The second-order valence-electron chi connectivity index (χ2n) is 7.89. The van der Waals surface area contributed by atoms with Crippen molar-refractivity contribution in [2.75, 3.05) is 25.9 Å². The van der Waals surface area contributed by atoms with Crippen molar-refractivity contribution in [1.29, 1.82) is 0 Å². The molecule has 5 heteroatoms. The summed E-state index contributed by atoms with van der Waals surface area (Å²) in [4.78, 5) is 3.57. The largest absolute Gasteiger partial charge is 0.387 e. The molecule has 3 aromatic rings. The molecule has 0 aliphatic heterocycles. The monoisotopic (exact) mass is 463 g/mol. The molecule has 0 saturated heterocycles. The van der Waals surface area contributed by atoms with Crippen LogP contribution in [0.4, 0.5) is 0 Å². The van der Waals surface area contributed by atoms with Crippen LogP contribution in [0, 0.1) is 0 Å². The molecule has 0 fully saturated rings. The van der Waals surface area contributed by atoms with Gasteiger partial charge in [0.25, 0.3) is 0 Å². The van der Waals surface area contributed by atoms with E-state index in [0.29, 0.717) is 16.6 Å². The molecular weight excluding hydrogens is 433 g/mol. The zero-order chi connectivity index (χ0) is 21.7. The van der Waals surface area contributed by atoms with Gasteiger partial charge >= 0.3 is 0 Å². The molecule has 162 valence electrons. The van der Waals surface area contributed by atoms with Gasteiger partial charge in [0.1, 0.15) is 0 Å². The lowest BCUT2D eigenvalue weighted by atomic mass is 9.94. The second kappa shape index (κ2) is 11.1. The third kappa shape index (κ3) is 5.44. The molecule has 0 radical (unpaired) electrons. The Morgan fingerprint density at radius 1 is 0.967 bits per heavy atom. The average molecular weight is 465 g/mol. The van der Waals surface area contributed by atoms with Crippen LogP contribution in [0.5, 0.6) is 0 Å². The van der Waals surface area contributed by atoms with Gasteiger partial charge in [-0.15, -0.1) is 11.8 Å². The lowest BCUT2D eigenvalue weighted by Gasteiger charge is -2.26. The summed E-state index contributed by atoms with van der Waals surface area (Å²) in [7, 11) is 0. The topological polar surface area (TPSA) is 23.5 Å². The van der Waals surface area contributed by atoms with Crippen molar-refractivity contribution in [3.63, 3.8) is 0 Å². The first kappa shape index (κ1) is 23.7. The number of halogens is 2. The smallest absolute Gasteiger partial charge is 0.0923 e. The maximum atomic E-state index is 11.3. The number of hydrogen-bond acceptors (Lipinski definition) is 3. The summed E-state index contributed by atoms with van der Waals surface area (Å²) < 4.78 is 0. The molecule has 0 bridgehead atoms. The SMILES string of the molecule is CCCCN(CCCC)CC(O)c1cc2cc(Cl)cc(Cl)c2c2cc(SC)ccc12. The lowest BCUT2D eigenvalue weighted by molar-refractivity contribution is 0.112. The number of thioether (sulfide) groups is 1. The number of aliphatic hydroxyl groups is 1. The lowest BCUT2D eigenvalue weighted by Crippen LogP contribution is -2.30. The minimum atomic E-state index is -0.566. The number of rotatable bonds is 10. The van der Waals surface area contributed by atoms with Gasteiger partial charge in [0.15, 0.2) is 0 Å². The van der Waals surface area contributed by atoms with Crippen LogP contribution in [0.15, 0.2) is 41.3 Å². The fourth-order valence-electron chi connectivity index (χ4n) is 4.02. The van der Waals surface area contributed by atoms with E-state index >= 15 is 0 Å². The summed E-state index contributed by atoms with van der Waals surface area (Å²) in [5.74, 6) is 0. The molecule has 0 heterocycles. The van der Waals surface area contributed by atoms with Gasteiger partial charge in [-0.25, -0.2) is 0 Å². The molecule has 3 rings (SSSR count). The molecule has 3 aromatic carbocycles. The minimum absolute atomic E-state index is 0.566. The molecule has 2 nitrogen and oxygen atoms in total. The Morgan fingerprint density at radius 2 is 1.67 bits per heavy atom. The Hall–Kier alpha value is -0.970. The molecule has 30 heavy (non-hydrogen) atoms. The normalized spacial score (nSPS) is 12.9. The van der Waals surface area contributed by atoms with Crippen molar-refractivity contribution in [2.45, 2.75) is 50.5 Å². The summed E-state index contributed by atoms with van der Waals surface area (Å²) in [6.45, 7) is 7.10. The van der Waals surface area contributed by atoms with E-state index in [2.05, 4.69) is 49.3 Å². The van der Waals surface area contributed by atoms with Gasteiger partial charge in [-0.05, 0) is 84.2 Å². The van der Waals surface area contributed by atoms with Crippen LogP contribution < -0.4 is 0 Å². The molecule has 0 aliphatic carbocycles. The van der Waals surface area contributed by atoms with Crippen molar-refractivity contribution < 1.29 is 5.11 Å². The predicted molar refractivity (Wildman–Crippen MR) is 134 cm³/mol. The maximum Gasteiger partial charge on any atom is 0.0923 e. The molecule has 0 spiro atoms. The highest BCUT2D eigenvalue weighted by atomic mass is 35.5. The first-order valence-corrected chi connectivity index (χ1v) is 12.8. The molecule has 0 amide bonds.